The van der Waals surface area contributed by atoms with Crippen LogP contribution in [0, 0.1) is 23.2 Å². The fourth-order valence-electron chi connectivity index (χ4n) is 6.30. The molecule has 0 unspecified atom stereocenters. The van der Waals surface area contributed by atoms with E-state index in [-0.39, 0.29) is 24.4 Å². The lowest BCUT2D eigenvalue weighted by Crippen LogP contribution is -2.51. The predicted octanol–water partition coefficient (Wildman–Crippen LogP) is 4.06. The lowest BCUT2D eigenvalue weighted by molar-refractivity contribution is -0.150. The van der Waals surface area contributed by atoms with Crippen LogP contribution in [0.4, 0.5) is 0 Å². The zero-order chi connectivity index (χ0) is 18.9. The van der Waals surface area contributed by atoms with Gasteiger partial charge in [-0.25, -0.2) is 0 Å². The first-order valence-electron chi connectivity index (χ1n) is 10.5. The summed E-state index contributed by atoms with van der Waals surface area (Å²) in [5.74, 6) is 1.85. The highest BCUT2D eigenvalue weighted by atomic mass is 16.5. The predicted molar refractivity (Wildman–Crippen MR) is 104 cm³/mol. The summed E-state index contributed by atoms with van der Waals surface area (Å²) in [6.45, 7) is 2.54. The van der Waals surface area contributed by atoms with Crippen molar-refractivity contribution in [3.63, 3.8) is 0 Å². The first kappa shape index (κ1) is 18.5. The minimum Gasteiger partial charge on any atom is -0.455 e. The average molecular weight is 370 g/mol. The van der Waals surface area contributed by atoms with E-state index in [0.29, 0.717) is 11.8 Å². The number of esters is 1. The molecule has 5 rings (SSSR count). The van der Waals surface area contributed by atoms with Crippen molar-refractivity contribution in [3.8, 4) is 0 Å². The van der Waals surface area contributed by atoms with E-state index >= 15 is 0 Å². The molecule has 0 saturated heterocycles. The number of carbonyl (C=O) groups is 2. The summed E-state index contributed by atoms with van der Waals surface area (Å²) in [6.07, 6.45) is 8.69. The molecular formula is C23H31NO3. The van der Waals surface area contributed by atoms with Crippen molar-refractivity contribution in [2.45, 2.75) is 57.8 Å². The van der Waals surface area contributed by atoms with Gasteiger partial charge in [0.15, 0.2) is 6.61 Å². The molecule has 1 amide bonds. The van der Waals surface area contributed by atoms with Crippen molar-refractivity contribution >= 4 is 11.9 Å². The number of rotatable bonds is 7. The summed E-state index contributed by atoms with van der Waals surface area (Å²) >= 11 is 0. The van der Waals surface area contributed by atoms with Gasteiger partial charge in [0.25, 0.3) is 5.91 Å². The summed E-state index contributed by atoms with van der Waals surface area (Å²) in [5, 5.41) is 3.08. The molecule has 4 fully saturated rings. The van der Waals surface area contributed by atoms with E-state index in [0.717, 1.165) is 29.9 Å². The maximum Gasteiger partial charge on any atom is 0.313 e. The van der Waals surface area contributed by atoms with Gasteiger partial charge in [-0.15, -0.1) is 0 Å². The quantitative estimate of drug-likeness (QED) is 0.738. The van der Waals surface area contributed by atoms with E-state index < -0.39 is 0 Å². The molecule has 0 heterocycles. The summed E-state index contributed by atoms with van der Waals surface area (Å²) in [7, 11) is 0. The Morgan fingerprint density at radius 3 is 2.22 bits per heavy atom. The smallest absolute Gasteiger partial charge is 0.313 e. The fraction of sp³-hybridized carbons (Fsp3) is 0.652. The van der Waals surface area contributed by atoms with Crippen LogP contribution in [0.5, 0.6) is 0 Å². The van der Waals surface area contributed by atoms with Gasteiger partial charge >= 0.3 is 5.97 Å². The van der Waals surface area contributed by atoms with Crippen molar-refractivity contribution in [1.82, 2.24) is 5.32 Å². The third kappa shape index (κ3) is 4.04. The van der Waals surface area contributed by atoms with Gasteiger partial charge in [0.2, 0.25) is 0 Å². The van der Waals surface area contributed by atoms with Crippen molar-refractivity contribution in [1.29, 1.82) is 0 Å². The van der Waals surface area contributed by atoms with Crippen LogP contribution in [0.1, 0.15) is 63.4 Å². The summed E-state index contributed by atoms with van der Waals surface area (Å²) < 4.78 is 5.33. The molecule has 1 N–H and O–H groups in total. The van der Waals surface area contributed by atoms with Gasteiger partial charge in [0.1, 0.15) is 0 Å². The second kappa shape index (κ2) is 7.65. The molecule has 27 heavy (non-hydrogen) atoms. The van der Waals surface area contributed by atoms with Crippen molar-refractivity contribution < 1.29 is 14.3 Å². The van der Waals surface area contributed by atoms with Gasteiger partial charge in [-0.3, -0.25) is 9.59 Å². The standard InChI is InChI=1S/C23H31NO3/c1-2-20(19-6-4-3-5-7-19)22(26)27-14-21(25)24-15-23-11-16-8-17(12-23)10-18(9-16)13-23/h3-7,16-18,20H,2,8-15H2,1H3,(H,24,25)/t16?,17?,18?,20-,23?/m0/s1. The maximum absolute atomic E-state index is 12.4. The van der Waals surface area contributed by atoms with E-state index in [2.05, 4.69) is 5.32 Å². The Morgan fingerprint density at radius 2 is 1.67 bits per heavy atom. The minimum atomic E-state index is -0.311. The summed E-state index contributed by atoms with van der Waals surface area (Å²) in [4.78, 5) is 24.7. The Bertz CT molecular complexity index is 649. The number of ether oxygens (including phenoxy) is 1. The number of hydrogen-bond donors (Lipinski definition) is 1. The second-order valence-electron chi connectivity index (χ2n) is 9.17. The van der Waals surface area contributed by atoms with Crippen LogP contribution in [0.25, 0.3) is 0 Å². The van der Waals surface area contributed by atoms with Gasteiger partial charge in [0.05, 0.1) is 5.92 Å². The minimum absolute atomic E-state index is 0.165. The highest BCUT2D eigenvalue weighted by Crippen LogP contribution is 2.59. The number of carbonyl (C=O) groups excluding carboxylic acids is 2. The molecule has 0 aromatic heterocycles. The molecule has 4 aliphatic carbocycles. The van der Waals surface area contributed by atoms with E-state index in [4.69, 9.17) is 4.74 Å². The van der Waals surface area contributed by atoms with E-state index in [1.165, 1.54) is 38.5 Å². The lowest BCUT2D eigenvalue weighted by atomic mass is 9.49. The molecule has 4 bridgehead atoms. The molecule has 1 atom stereocenters. The van der Waals surface area contributed by atoms with E-state index in [1.807, 2.05) is 37.3 Å². The number of benzene rings is 1. The third-order valence-electron chi connectivity index (χ3n) is 7.07. The molecule has 4 aliphatic rings. The zero-order valence-electron chi connectivity index (χ0n) is 16.3. The third-order valence-corrected chi connectivity index (χ3v) is 7.07. The maximum atomic E-state index is 12.4. The van der Waals surface area contributed by atoms with E-state index in [9.17, 15) is 9.59 Å². The molecule has 1 aromatic carbocycles. The molecule has 146 valence electrons. The fourth-order valence-corrected chi connectivity index (χ4v) is 6.30. The second-order valence-corrected chi connectivity index (χ2v) is 9.17. The van der Waals surface area contributed by atoms with E-state index in [1.54, 1.807) is 0 Å². The van der Waals surface area contributed by atoms with Gasteiger partial charge in [0, 0.05) is 6.54 Å². The van der Waals surface area contributed by atoms with Crippen molar-refractivity contribution in [2.75, 3.05) is 13.2 Å². The Morgan fingerprint density at radius 1 is 1.07 bits per heavy atom. The first-order valence-corrected chi connectivity index (χ1v) is 10.5. The topological polar surface area (TPSA) is 55.4 Å². The number of amides is 1. The molecule has 0 radical (unpaired) electrons. The van der Waals surface area contributed by atoms with Crippen molar-refractivity contribution in [2.24, 2.45) is 23.2 Å². The highest BCUT2D eigenvalue weighted by molar-refractivity contribution is 5.83. The molecule has 4 nitrogen and oxygen atoms in total. The van der Waals surface area contributed by atoms with Crippen molar-refractivity contribution in [3.05, 3.63) is 35.9 Å². The lowest BCUT2D eigenvalue weighted by Gasteiger charge is -2.56. The average Bonchev–Trinajstić information content (AvgIpc) is 2.65. The first-order chi connectivity index (χ1) is 13.1. The van der Waals surface area contributed by atoms with Crippen LogP contribution >= 0.6 is 0 Å². The number of hydrogen-bond acceptors (Lipinski definition) is 3. The summed E-state index contributed by atoms with van der Waals surface area (Å²) in [6, 6.07) is 9.64. The molecule has 4 saturated carbocycles. The molecule has 0 aliphatic heterocycles. The van der Waals surface area contributed by atoms with Crippen LogP contribution in [0.15, 0.2) is 30.3 Å². The summed E-state index contributed by atoms with van der Waals surface area (Å²) in [5.41, 5.74) is 1.25. The Hall–Kier alpha value is -1.84. The van der Waals surface area contributed by atoms with Crippen LogP contribution < -0.4 is 5.32 Å². The molecule has 4 heteroatoms. The van der Waals surface area contributed by atoms with Crippen LogP contribution in [0.2, 0.25) is 0 Å². The Kier molecular flexibility index (Phi) is 5.25. The monoisotopic (exact) mass is 369 g/mol. The Labute approximate surface area is 162 Å². The normalized spacial score (nSPS) is 32.1. The van der Waals surface area contributed by atoms with Crippen LogP contribution in [0.3, 0.4) is 0 Å². The van der Waals surface area contributed by atoms with Gasteiger partial charge in [-0.2, -0.15) is 0 Å². The number of nitrogens with one attached hydrogen (secondary N) is 1. The van der Waals surface area contributed by atoms with Crippen LogP contribution in [-0.4, -0.2) is 25.0 Å². The highest BCUT2D eigenvalue weighted by Gasteiger charge is 2.50. The molecule has 0 spiro atoms. The molecular weight excluding hydrogens is 338 g/mol. The van der Waals surface area contributed by atoms with Gasteiger partial charge < -0.3 is 10.1 Å². The molecule has 1 aromatic rings. The SMILES string of the molecule is CC[C@H](C(=O)OCC(=O)NCC12CC3CC(CC(C3)C1)C2)c1ccccc1. The Balaban J connectivity index is 1.26. The van der Waals surface area contributed by atoms with Gasteiger partial charge in [-0.05, 0) is 73.7 Å². The van der Waals surface area contributed by atoms with Gasteiger partial charge in [-0.1, -0.05) is 37.3 Å². The zero-order valence-corrected chi connectivity index (χ0v) is 16.3. The largest absolute Gasteiger partial charge is 0.455 e. The van der Waals surface area contributed by atoms with Crippen LogP contribution in [-0.2, 0) is 14.3 Å².